The van der Waals surface area contributed by atoms with E-state index in [1.165, 1.54) is 5.79 Å². The smallest absolute Gasteiger partial charge is 0.0483 e. The van der Waals surface area contributed by atoms with Crippen molar-refractivity contribution in [3.05, 3.63) is 24.3 Å². The Balaban J connectivity index is 2.23. The van der Waals surface area contributed by atoms with E-state index in [1.807, 2.05) is 0 Å². The third-order valence-electron chi connectivity index (χ3n) is 1.62. The van der Waals surface area contributed by atoms with Crippen LogP contribution in [0.2, 0.25) is 19.6 Å². The van der Waals surface area contributed by atoms with E-state index in [1.54, 1.807) is 0 Å². The highest BCUT2D eigenvalue weighted by Crippen LogP contribution is 2.27. The van der Waals surface area contributed by atoms with Crippen molar-refractivity contribution in [3.63, 3.8) is 0 Å². The first-order chi connectivity index (χ1) is 5.08. The summed E-state index contributed by atoms with van der Waals surface area (Å²) in [7, 11) is 0.345. The van der Waals surface area contributed by atoms with Crippen molar-refractivity contribution in [2.45, 2.75) is 25.3 Å². The molecule has 1 rings (SSSR count). The fourth-order valence-electron chi connectivity index (χ4n) is 0.992. The minimum absolute atomic E-state index is 0.779. The summed E-state index contributed by atoms with van der Waals surface area (Å²) in [6, 6.07) is 0. The molecular formula is C9H17PSi. The van der Waals surface area contributed by atoms with Crippen molar-refractivity contribution in [1.29, 1.82) is 0 Å². The first-order valence-electron chi connectivity index (χ1n) is 4.16. The lowest BCUT2D eigenvalue weighted by molar-refractivity contribution is 1.44. The fourth-order valence-corrected chi connectivity index (χ4v) is 4.88. The van der Waals surface area contributed by atoms with Gasteiger partial charge in [0.25, 0.3) is 0 Å². The minimum atomic E-state index is -0.780. The first-order valence-corrected chi connectivity index (χ1v) is 9.15. The SMILES string of the molecule is C[Si](C)(C)CPC1C=CC=C1. The van der Waals surface area contributed by atoms with Crippen LogP contribution in [-0.2, 0) is 0 Å². The van der Waals surface area contributed by atoms with Crippen LogP contribution in [0, 0.1) is 0 Å². The Labute approximate surface area is 72.6 Å². The molecule has 1 unspecified atom stereocenters. The van der Waals surface area contributed by atoms with Crippen LogP contribution in [0.25, 0.3) is 0 Å². The van der Waals surface area contributed by atoms with Gasteiger partial charge >= 0.3 is 0 Å². The van der Waals surface area contributed by atoms with Gasteiger partial charge in [0.15, 0.2) is 0 Å². The third kappa shape index (κ3) is 3.88. The molecule has 0 radical (unpaired) electrons. The quantitative estimate of drug-likeness (QED) is 0.467. The van der Waals surface area contributed by atoms with Crippen molar-refractivity contribution in [2.75, 3.05) is 5.79 Å². The van der Waals surface area contributed by atoms with E-state index in [-0.39, 0.29) is 0 Å². The lowest BCUT2D eigenvalue weighted by atomic mass is 10.5. The average molecular weight is 184 g/mol. The minimum Gasteiger partial charge on any atom is -0.114 e. The molecule has 0 amide bonds. The Hall–Kier alpha value is 0.127. The molecule has 0 aliphatic heterocycles. The predicted molar refractivity (Wildman–Crippen MR) is 58.6 cm³/mol. The zero-order valence-electron chi connectivity index (χ0n) is 7.59. The molecule has 0 heterocycles. The topological polar surface area (TPSA) is 0 Å². The second kappa shape index (κ2) is 3.69. The molecule has 0 aromatic carbocycles. The Kier molecular flexibility index (Phi) is 3.09. The molecule has 11 heavy (non-hydrogen) atoms. The monoisotopic (exact) mass is 184 g/mol. The highest BCUT2D eigenvalue weighted by Gasteiger charge is 2.14. The van der Waals surface area contributed by atoms with E-state index in [9.17, 15) is 0 Å². The Morgan fingerprint density at radius 1 is 1.18 bits per heavy atom. The molecule has 0 nitrogen and oxygen atoms in total. The molecular weight excluding hydrogens is 167 g/mol. The Morgan fingerprint density at radius 2 is 1.73 bits per heavy atom. The standard InChI is InChI=1S/C9H17PSi/c1-11(2,3)8-10-9-6-4-5-7-9/h4-7,9-10H,8H2,1-3H3. The molecule has 0 aromatic heterocycles. The summed E-state index contributed by atoms with van der Waals surface area (Å²) in [4.78, 5) is 0. The van der Waals surface area contributed by atoms with E-state index in [2.05, 4.69) is 43.9 Å². The van der Waals surface area contributed by atoms with E-state index < -0.39 is 8.07 Å². The maximum atomic E-state index is 2.45. The van der Waals surface area contributed by atoms with Crippen molar-refractivity contribution >= 4 is 16.7 Å². The van der Waals surface area contributed by atoms with E-state index in [0.29, 0.717) is 0 Å². The van der Waals surface area contributed by atoms with Gasteiger partial charge in [-0.2, -0.15) is 0 Å². The maximum absolute atomic E-state index is 2.45. The zero-order valence-corrected chi connectivity index (χ0v) is 9.59. The van der Waals surface area contributed by atoms with Crippen LogP contribution in [0.3, 0.4) is 0 Å². The molecule has 0 aromatic rings. The first kappa shape index (κ1) is 9.22. The van der Waals surface area contributed by atoms with Crippen LogP contribution in [0.5, 0.6) is 0 Å². The van der Waals surface area contributed by atoms with Crippen molar-refractivity contribution in [2.24, 2.45) is 0 Å². The number of rotatable bonds is 3. The molecule has 0 bridgehead atoms. The van der Waals surface area contributed by atoms with Gasteiger partial charge in [-0.15, -0.1) is 8.58 Å². The van der Waals surface area contributed by atoms with Crippen LogP contribution >= 0.6 is 8.58 Å². The summed E-state index contributed by atoms with van der Waals surface area (Å²) in [6.07, 6.45) is 8.97. The number of hydrogen-bond donors (Lipinski definition) is 0. The molecule has 2 heteroatoms. The molecule has 0 fully saturated rings. The molecule has 0 spiro atoms. The van der Waals surface area contributed by atoms with Gasteiger partial charge in [-0.3, -0.25) is 0 Å². The van der Waals surface area contributed by atoms with Crippen LogP contribution in [-0.4, -0.2) is 19.5 Å². The summed E-state index contributed by atoms with van der Waals surface area (Å²) in [5.41, 5.74) is 0.779. The predicted octanol–water partition coefficient (Wildman–Crippen LogP) is 3.04. The maximum Gasteiger partial charge on any atom is 0.0483 e. The average Bonchev–Trinajstić information content (AvgIpc) is 2.32. The molecule has 62 valence electrons. The van der Waals surface area contributed by atoms with Gasteiger partial charge in [0.2, 0.25) is 0 Å². The summed E-state index contributed by atoms with van der Waals surface area (Å²) in [5.74, 6) is 1.48. The highest BCUT2D eigenvalue weighted by atomic mass is 31.1. The van der Waals surface area contributed by atoms with Gasteiger partial charge < -0.3 is 0 Å². The summed E-state index contributed by atoms with van der Waals surface area (Å²) < 4.78 is 0. The molecule has 0 saturated heterocycles. The van der Waals surface area contributed by atoms with Gasteiger partial charge in [-0.25, -0.2) is 0 Å². The van der Waals surface area contributed by atoms with E-state index in [4.69, 9.17) is 0 Å². The molecule has 1 atom stereocenters. The van der Waals surface area contributed by atoms with Crippen molar-refractivity contribution in [1.82, 2.24) is 0 Å². The highest BCUT2D eigenvalue weighted by molar-refractivity contribution is 7.43. The molecule has 1 aliphatic rings. The molecule has 0 N–H and O–H groups in total. The second-order valence-corrected chi connectivity index (χ2v) is 11.8. The van der Waals surface area contributed by atoms with Gasteiger partial charge in [-0.1, -0.05) is 43.9 Å². The van der Waals surface area contributed by atoms with Gasteiger partial charge in [0, 0.05) is 13.7 Å². The normalized spacial score (nSPS) is 19.2. The third-order valence-corrected chi connectivity index (χ3v) is 7.53. The van der Waals surface area contributed by atoms with Crippen LogP contribution in [0.4, 0.5) is 0 Å². The van der Waals surface area contributed by atoms with E-state index in [0.717, 1.165) is 14.2 Å². The summed E-state index contributed by atoms with van der Waals surface area (Å²) in [5, 5.41) is 0. The summed E-state index contributed by atoms with van der Waals surface area (Å²) >= 11 is 0. The Morgan fingerprint density at radius 3 is 2.18 bits per heavy atom. The zero-order chi connectivity index (χ0) is 8.32. The van der Waals surface area contributed by atoms with Crippen molar-refractivity contribution < 1.29 is 0 Å². The second-order valence-electron chi connectivity index (χ2n) is 4.24. The largest absolute Gasteiger partial charge is 0.114 e. The van der Waals surface area contributed by atoms with Crippen molar-refractivity contribution in [3.8, 4) is 0 Å². The van der Waals surface area contributed by atoms with Gasteiger partial charge in [-0.05, 0) is 5.79 Å². The summed E-state index contributed by atoms with van der Waals surface area (Å²) in [6.45, 7) is 7.34. The molecule has 1 aliphatic carbocycles. The molecule has 0 saturated carbocycles. The van der Waals surface area contributed by atoms with E-state index >= 15 is 0 Å². The lowest BCUT2D eigenvalue weighted by Crippen LogP contribution is -2.24. The van der Waals surface area contributed by atoms with Crippen LogP contribution in [0.1, 0.15) is 0 Å². The van der Waals surface area contributed by atoms with Gasteiger partial charge in [0.1, 0.15) is 0 Å². The number of allylic oxidation sites excluding steroid dienone is 4. The number of hydrogen-bond acceptors (Lipinski definition) is 0. The van der Waals surface area contributed by atoms with Crippen LogP contribution in [0.15, 0.2) is 24.3 Å². The Bertz CT molecular complexity index is 164. The van der Waals surface area contributed by atoms with Crippen LogP contribution < -0.4 is 0 Å². The van der Waals surface area contributed by atoms with Gasteiger partial charge in [0.05, 0.1) is 0 Å². The fraction of sp³-hybridized carbons (Fsp3) is 0.556. The lowest BCUT2D eigenvalue weighted by Gasteiger charge is -2.16.